The Morgan fingerprint density at radius 1 is 0.611 bits per heavy atom. The minimum Gasteiger partial charge on any atom is -0.0651 e. The molecule has 1 heteroatoms. The number of rotatable bonds is 4. The SMILES string of the molecule is CC(C)[Si](C(C)C)(C(C)C)C1CCCCCCC1. The van der Waals surface area contributed by atoms with Crippen LogP contribution in [0.2, 0.25) is 22.2 Å². The van der Waals surface area contributed by atoms with Crippen molar-refractivity contribution >= 4 is 8.07 Å². The van der Waals surface area contributed by atoms with Gasteiger partial charge in [0.15, 0.2) is 0 Å². The summed E-state index contributed by atoms with van der Waals surface area (Å²) in [6.07, 6.45) is 10.6. The van der Waals surface area contributed by atoms with E-state index < -0.39 is 8.07 Å². The summed E-state index contributed by atoms with van der Waals surface area (Å²) >= 11 is 0. The lowest BCUT2D eigenvalue weighted by Crippen LogP contribution is -2.49. The summed E-state index contributed by atoms with van der Waals surface area (Å²) in [4.78, 5) is 0. The van der Waals surface area contributed by atoms with Crippen molar-refractivity contribution in [1.82, 2.24) is 0 Å². The maximum absolute atomic E-state index is 2.53. The molecule has 108 valence electrons. The third kappa shape index (κ3) is 3.21. The van der Waals surface area contributed by atoms with Gasteiger partial charge in [0.2, 0.25) is 0 Å². The predicted molar refractivity (Wildman–Crippen MR) is 87.1 cm³/mol. The molecule has 0 radical (unpaired) electrons. The van der Waals surface area contributed by atoms with Crippen LogP contribution in [0.15, 0.2) is 0 Å². The first kappa shape index (κ1) is 16.3. The smallest absolute Gasteiger partial charge is 0.0643 e. The molecule has 0 amide bonds. The lowest BCUT2D eigenvalue weighted by molar-refractivity contribution is 0.481. The van der Waals surface area contributed by atoms with Gasteiger partial charge in [-0.3, -0.25) is 0 Å². The van der Waals surface area contributed by atoms with Crippen molar-refractivity contribution in [2.45, 2.75) is 109 Å². The molecule has 0 bridgehead atoms. The zero-order valence-corrected chi connectivity index (χ0v) is 14.8. The minimum atomic E-state index is -1.18. The molecular weight excluding hydrogens is 232 g/mol. The second-order valence-corrected chi connectivity index (χ2v) is 13.8. The number of hydrogen-bond donors (Lipinski definition) is 0. The van der Waals surface area contributed by atoms with Gasteiger partial charge in [-0.15, -0.1) is 0 Å². The lowest BCUT2D eigenvalue weighted by Gasteiger charge is -2.50. The fourth-order valence-electron chi connectivity index (χ4n) is 5.37. The van der Waals surface area contributed by atoms with Gasteiger partial charge >= 0.3 is 0 Å². The van der Waals surface area contributed by atoms with E-state index in [0.29, 0.717) is 0 Å². The van der Waals surface area contributed by atoms with Crippen molar-refractivity contribution in [3.63, 3.8) is 0 Å². The quantitative estimate of drug-likeness (QED) is 0.493. The van der Waals surface area contributed by atoms with Crippen molar-refractivity contribution in [2.24, 2.45) is 0 Å². The molecule has 1 aliphatic carbocycles. The van der Waals surface area contributed by atoms with Crippen molar-refractivity contribution in [3.8, 4) is 0 Å². The fraction of sp³-hybridized carbons (Fsp3) is 1.00. The van der Waals surface area contributed by atoms with Crippen molar-refractivity contribution in [2.75, 3.05) is 0 Å². The van der Waals surface area contributed by atoms with Crippen LogP contribution in [-0.4, -0.2) is 8.07 Å². The van der Waals surface area contributed by atoms with E-state index in [0.717, 1.165) is 22.2 Å². The topological polar surface area (TPSA) is 0 Å². The Morgan fingerprint density at radius 3 is 1.28 bits per heavy atom. The van der Waals surface area contributed by atoms with Crippen molar-refractivity contribution in [3.05, 3.63) is 0 Å². The van der Waals surface area contributed by atoms with E-state index in [9.17, 15) is 0 Å². The van der Waals surface area contributed by atoms with Gasteiger partial charge in [0.1, 0.15) is 0 Å². The molecule has 0 aliphatic heterocycles. The third-order valence-electron chi connectivity index (χ3n) is 5.81. The van der Waals surface area contributed by atoms with Gasteiger partial charge in [0.05, 0.1) is 8.07 Å². The second-order valence-electron chi connectivity index (χ2n) is 7.51. The van der Waals surface area contributed by atoms with Gasteiger partial charge in [-0.2, -0.15) is 0 Å². The molecule has 0 aromatic rings. The molecule has 0 nitrogen and oxygen atoms in total. The summed E-state index contributed by atoms with van der Waals surface area (Å²) in [7, 11) is -1.18. The summed E-state index contributed by atoms with van der Waals surface area (Å²) in [5.41, 5.74) is 3.93. The molecule has 0 aromatic carbocycles. The molecule has 0 unspecified atom stereocenters. The normalized spacial score (nSPS) is 20.5. The molecule has 0 N–H and O–H groups in total. The van der Waals surface area contributed by atoms with Gasteiger partial charge in [0, 0.05) is 0 Å². The molecule has 1 rings (SSSR count). The lowest BCUT2D eigenvalue weighted by atomic mass is 10.0. The number of hydrogen-bond acceptors (Lipinski definition) is 0. The molecule has 0 atom stereocenters. The summed E-state index contributed by atoms with van der Waals surface area (Å²) in [5.74, 6) is 0. The molecule has 0 saturated heterocycles. The average Bonchev–Trinajstić information content (AvgIpc) is 2.19. The molecular formula is C17H36Si. The Bertz CT molecular complexity index is 200. The van der Waals surface area contributed by atoms with E-state index in [1.54, 1.807) is 12.8 Å². The summed E-state index contributed by atoms with van der Waals surface area (Å²) in [6.45, 7) is 15.2. The van der Waals surface area contributed by atoms with E-state index in [-0.39, 0.29) is 0 Å². The van der Waals surface area contributed by atoms with Crippen LogP contribution in [0.3, 0.4) is 0 Å². The van der Waals surface area contributed by atoms with Gasteiger partial charge in [-0.25, -0.2) is 0 Å². The molecule has 1 saturated carbocycles. The zero-order valence-electron chi connectivity index (χ0n) is 13.8. The first-order chi connectivity index (χ1) is 8.44. The Kier molecular flexibility index (Phi) is 6.44. The highest BCUT2D eigenvalue weighted by Crippen LogP contribution is 2.53. The molecule has 0 aromatic heterocycles. The molecule has 0 spiro atoms. The van der Waals surface area contributed by atoms with Gasteiger partial charge in [-0.05, 0) is 5.54 Å². The van der Waals surface area contributed by atoms with Crippen LogP contribution in [0.1, 0.15) is 86.5 Å². The standard InChI is InChI=1S/C17H36Si/c1-14(2)18(15(3)4,16(5)6)17-12-10-8-7-9-11-13-17/h14-17H,7-13H2,1-6H3. The van der Waals surface area contributed by atoms with E-state index in [1.807, 2.05) is 0 Å². The van der Waals surface area contributed by atoms with E-state index in [4.69, 9.17) is 0 Å². The maximum atomic E-state index is 2.53. The van der Waals surface area contributed by atoms with Gasteiger partial charge < -0.3 is 0 Å². The summed E-state index contributed by atoms with van der Waals surface area (Å²) < 4.78 is 0. The van der Waals surface area contributed by atoms with Crippen molar-refractivity contribution < 1.29 is 0 Å². The monoisotopic (exact) mass is 268 g/mol. The predicted octanol–water partition coefficient (Wildman–Crippen LogP) is 6.78. The van der Waals surface area contributed by atoms with Crippen LogP contribution in [-0.2, 0) is 0 Å². The van der Waals surface area contributed by atoms with Gasteiger partial charge in [0.25, 0.3) is 0 Å². The van der Waals surface area contributed by atoms with E-state index in [2.05, 4.69) is 41.5 Å². The maximum Gasteiger partial charge on any atom is 0.0643 e. The summed E-state index contributed by atoms with van der Waals surface area (Å²) in [5, 5.41) is 0. The highest BCUT2D eigenvalue weighted by Gasteiger charge is 2.47. The van der Waals surface area contributed by atoms with Crippen LogP contribution in [0.5, 0.6) is 0 Å². The van der Waals surface area contributed by atoms with Crippen LogP contribution in [0.4, 0.5) is 0 Å². The van der Waals surface area contributed by atoms with E-state index >= 15 is 0 Å². The Balaban J connectivity index is 2.98. The average molecular weight is 269 g/mol. The first-order valence-corrected chi connectivity index (χ1v) is 10.7. The van der Waals surface area contributed by atoms with Gasteiger partial charge in [-0.1, -0.05) is 103 Å². The molecule has 0 heterocycles. The second kappa shape index (κ2) is 7.12. The first-order valence-electron chi connectivity index (χ1n) is 8.44. The summed E-state index contributed by atoms with van der Waals surface area (Å²) in [6, 6.07) is 0. The molecule has 18 heavy (non-hydrogen) atoms. The Morgan fingerprint density at radius 2 is 0.944 bits per heavy atom. The minimum absolute atomic E-state index is 0.946. The van der Waals surface area contributed by atoms with Crippen LogP contribution >= 0.6 is 0 Å². The zero-order chi connectivity index (χ0) is 13.8. The largest absolute Gasteiger partial charge is 0.0651 e. The van der Waals surface area contributed by atoms with Crippen LogP contribution in [0.25, 0.3) is 0 Å². The molecule has 1 aliphatic rings. The van der Waals surface area contributed by atoms with E-state index in [1.165, 1.54) is 32.1 Å². The highest BCUT2D eigenvalue weighted by molar-refractivity contribution is 6.84. The Hall–Kier alpha value is 0.217. The van der Waals surface area contributed by atoms with Crippen LogP contribution in [0, 0.1) is 0 Å². The molecule has 1 fully saturated rings. The van der Waals surface area contributed by atoms with Crippen LogP contribution < -0.4 is 0 Å². The third-order valence-corrected chi connectivity index (χ3v) is 13.8. The fourth-order valence-corrected chi connectivity index (χ4v) is 13.6. The Labute approximate surface area is 117 Å². The van der Waals surface area contributed by atoms with Crippen molar-refractivity contribution in [1.29, 1.82) is 0 Å². The highest BCUT2D eigenvalue weighted by atomic mass is 28.3.